The van der Waals surface area contributed by atoms with Crippen molar-refractivity contribution in [3.05, 3.63) is 134 Å². The summed E-state index contributed by atoms with van der Waals surface area (Å²) in [5, 5.41) is 11.2. The summed E-state index contributed by atoms with van der Waals surface area (Å²) in [7, 11) is 0. The Labute approximate surface area is 231 Å². The van der Waals surface area contributed by atoms with E-state index in [0.717, 1.165) is 33.4 Å². The predicted molar refractivity (Wildman–Crippen MR) is 152 cm³/mol. The Kier molecular flexibility index (Phi) is 5.16. The Morgan fingerprint density at radius 2 is 1.48 bits per heavy atom. The molecule has 4 aromatic rings. The van der Waals surface area contributed by atoms with E-state index in [1.165, 1.54) is 17.0 Å². The number of nitro groups is 1. The molecule has 0 unspecified atom stereocenters. The Hall–Kier alpha value is -4.91. The summed E-state index contributed by atoms with van der Waals surface area (Å²) in [5.74, 6) is -1.94. The third-order valence-corrected chi connectivity index (χ3v) is 8.75. The van der Waals surface area contributed by atoms with Crippen LogP contribution >= 0.6 is 0 Å². The highest BCUT2D eigenvalue weighted by Crippen LogP contribution is 2.63. The Morgan fingerprint density at radius 1 is 0.850 bits per heavy atom. The van der Waals surface area contributed by atoms with E-state index in [0.29, 0.717) is 11.4 Å². The second-order valence-corrected chi connectivity index (χ2v) is 10.9. The van der Waals surface area contributed by atoms with Gasteiger partial charge in [0.2, 0.25) is 11.8 Å². The number of non-ortho nitro benzene ring substituents is 1. The maximum absolute atomic E-state index is 14.5. The highest BCUT2D eigenvalue weighted by molar-refractivity contribution is 6.25. The molecule has 4 aliphatic rings. The summed E-state index contributed by atoms with van der Waals surface area (Å²) in [5.41, 5.74) is 6.06. The molecule has 0 radical (unpaired) electrons. The van der Waals surface area contributed by atoms with E-state index in [1.807, 2.05) is 68.4 Å². The second kappa shape index (κ2) is 8.55. The lowest BCUT2D eigenvalue weighted by molar-refractivity contribution is -0.384. The lowest BCUT2D eigenvalue weighted by Gasteiger charge is -2.52. The molecule has 0 saturated carbocycles. The summed E-state index contributed by atoms with van der Waals surface area (Å²) in [4.78, 5) is 45.7. The molecule has 8 rings (SSSR count). The molecule has 196 valence electrons. The smallest absolute Gasteiger partial charge is 0.269 e. The number of amides is 2. The monoisotopic (exact) mass is 527 g/mol. The fourth-order valence-electron chi connectivity index (χ4n) is 7.18. The minimum Gasteiger partial charge on any atom is -0.274 e. The zero-order valence-corrected chi connectivity index (χ0v) is 21.9. The zero-order chi connectivity index (χ0) is 27.8. The molecule has 3 aliphatic carbocycles. The Balaban J connectivity index is 1.47. The topological polar surface area (TPSA) is 92.9 Å². The zero-order valence-electron chi connectivity index (χ0n) is 21.9. The fourth-order valence-corrected chi connectivity index (χ4v) is 7.18. The molecule has 0 aromatic heterocycles. The lowest BCUT2D eigenvalue weighted by Crippen LogP contribution is -2.54. The van der Waals surface area contributed by atoms with Gasteiger partial charge in [-0.3, -0.25) is 24.7 Å². The van der Waals surface area contributed by atoms with Gasteiger partial charge in [0.05, 0.1) is 33.5 Å². The first-order valence-corrected chi connectivity index (χ1v) is 13.3. The van der Waals surface area contributed by atoms with Gasteiger partial charge in [0.25, 0.3) is 5.69 Å². The summed E-state index contributed by atoms with van der Waals surface area (Å²) in [6.45, 7) is 3.91. The molecule has 2 bridgehead atoms. The Morgan fingerprint density at radius 3 is 2.08 bits per heavy atom. The van der Waals surface area contributed by atoms with Gasteiger partial charge in [-0.25, -0.2) is 4.90 Å². The number of rotatable bonds is 4. The van der Waals surface area contributed by atoms with Crippen molar-refractivity contribution in [2.45, 2.75) is 25.2 Å². The number of imide groups is 1. The Bertz CT molecular complexity index is 1730. The molecule has 7 heteroatoms. The van der Waals surface area contributed by atoms with Crippen LogP contribution in [0.15, 0.2) is 96.0 Å². The molecule has 2 atom stereocenters. The molecule has 2 amide bonds. The van der Waals surface area contributed by atoms with Crippen molar-refractivity contribution >= 4 is 35.1 Å². The van der Waals surface area contributed by atoms with Gasteiger partial charge in [-0.1, -0.05) is 66.2 Å². The molecule has 40 heavy (non-hydrogen) atoms. The highest BCUT2D eigenvalue weighted by atomic mass is 16.6. The van der Waals surface area contributed by atoms with E-state index in [-0.39, 0.29) is 23.4 Å². The third-order valence-electron chi connectivity index (χ3n) is 8.75. The molecular weight excluding hydrogens is 502 g/mol. The van der Waals surface area contributed by atoms with Crippen molar-refractivity contribution in [2.75, 3.05) is 4.90 Å². The van der Waals surface area contributed by atoms with E-state index in [4.69, 9.17) is 4.99 Å². The van der Waals surface area contributed by atoms with Gasteiger partial charge in [-0.2, -0.15) is 0 Å². The van der Waals surface area contributed by atoms with Crippen molar-refractivity contribution in [1.82, 2.24) is 0 Å². The first-order chi connectivity index (χ1) is 19.3. The first kappa shape index (κ1) is 24.2. The number of benzene rings is 4. The maximum Gasteiger partial charge on any atom is 0.269 e. The first-order valence-electron chi connectivity index (χ1n) is 13.3. The van der Waals surface area contributed by atoms with Gasteiger partial charge in [0.15, 0.2) is 0 Å². The number of hydrogen-bond acceptors (Lipinski definition) is 5. The van der Waals surface area contributed by atoms with Crippen molar-refractivity contribution in [3.63, 3.8) is 0 Å². The number of anilines is 1. The number of aryl methyl sites for hydroxylation is 2. The number of carbonyl (C=O) groups excluding carboxylic acids is 2. The van der Waals surface area contributed by atoms with E-state index in [1.54, 1.807) is 18.3 Å². The van der Waals surface area contributed by atoms with Crippen molar-refractivity contribution in [2.24, 2.45) is 16.8 Å². The van der Waals surface area contributed by atoms with Crippen LogP contribution < -0.4 is 4.90 Å². The molecule has 0 spiro atoms. The molecular formula is C33H25N3O4. The second-order valence-electron chi connectivity index (χ2n) is 10.9. The van der Waals surface area contributed by atoms with Crippen LogP contribution in [0.3, 0.4) is 0 Å². The van der Waals surface area contributed by atoms with E-state index in [2.05, 4.69) is 12.1 Å². The number of carbonyl (C=O) groups is 2. The van der Waals surface area contributed by atoms with Gasteiger partial charge in [-0.05, 0) is 59.9 Å². The SMILES string of the molecule is Cc1ccc(N2C(=O)[C@@H]3C4c5ccccc5C(C=Nc5ccc([N+](=O)[O-])cc5)(c5ccccc54)[C@H]3C2=O)c(C)c1. The summed E-state index contributed by atoms with van der Waals surface area (Å²) in [6, 6.07) is 27.8. The highest BCUT2D eigenvalue weighted by Gasteiger charge is 2.68. The van der Waals surface area contributed by atoms with Gasteiger partial charge in [0.1, 0.15) is 0 Å². The van der Waals surface area contributed by atoms with Crippen LogP contribution in [0, 0.1) is 35.8 Å². The minimum atomic E-state index is -0.992. The number of aliphatic imine (C=N–C) groups is 1. The van der Waals surface area contributed by atoms with Gasteiger partial charge in [-0.15, -0.1) is 0 Å². The molecule has 7 nitrogen and oxygen atoms in total. The quantitative estimate of drug-likeness (QED) is 0.137. The lowest BCUT2D eigenvalue weighted by atomic mass is 9.47. The molecule has 1 saturated heterocycles. The van der Waals surface area contributed by atoms with Crippen LogP contribution in [-0.4, -0.2) is 23.0 Å². The van der Waals surface area contributed by atoms with Crippen LogP contribution in [0.25, 0.3) is 0 Å². The maximum atomic E-state index is 14.5. The predicted octanol–water partition coefficient (Wildman–Crippen LogP) is 6.16. The van der Waals surface area contributed by atoms with Crippen molar-refractivity contribution < 1.29 is 14.5 Å². The average Bonchev–Trinajstić information content (AvgIpc) is 3.23. The minimum absolute atomic E-state index is 0.0216. The van der Waals surface area contributed by atoms with Crippen LogP contribution in [0.5, 0.6) is 0 Å². The van der Waals surface area contributed by atoms with Crippen molar-refractivity contribution in [1.29, 1.82) is 0 Å². The van der Waals surface area contributed by atoms with Gasteiger partial charge < -0.3 is 0 Å². The fraction of sp³-hybridized carbons (Fsp3) is 0.182. The van der Waals surface area contributed by atoms with E-state index >= 15 is 0 Å². The van der Waals surface area contributed by atoms with Crippen molar-refractivity contribution in [3.8, 4) is 0 Å². The summed E-state index contributed by atoms with van der Waals surface area (Å²) < 4.78 is 0. The third kappa shape index (κ3) is 3.14. The van der Waals surface area contributed by atoms with Crippen LogP contribution in [0.1, 0.15) is 39.3 Å². The molecule has 1 fully saturated rings. The summed E-state index contributed by atoms with van der Waals surface area (Å²) in [6.07, 6.45) is 1.80. The molecule has 1 aliphatic heterocycles. The van der Waals surface area contributed by atoms with E-state index < -0.39 is 22.2 Å². The standard InChI is InChI=1S/C33H25N3O4/c1-19-11-16-27(20(2)17-19)35-31(37)29-28-23-7-3-5-9-25(23)33(30(29)32(35)38,26-10-6-4-8-24(26)28)18-34-21-12-14-22(15-13-21)36(39)40/h3-18,28-30H,1-2H3/t28?,29-,30-,33?/m1/s1. The molecule has 0 N–H and O–H groups in total. The number of nitrogens with zero attached hydrogens (tertiary/aromatic N) is 3. The largest absolute Gasteiger partial charge is 0.274 e. The van der Waals surface area contributed by atoms with Crippen LogP contribution in [-0.2, 0) is 15.0 Å². The van der Waals surface area contributed by atoms with Gasteiger partial charge >= 0.3 is 0 Å². The van der Waals surface area contributed by atoms with Crippen LogP contribution in [0.4, 0.5) is 17.1 Å². The van der Waals surface area contributed by atoms with Crippen LogP contribution in [0.2, 0.25) is 0 Å². The number of nitro benzene ring substituents is 1. The molecule has 1 heterocycles. The normalized spacial score (nSPS) is 24.2. The average molecular weight is 528 g/mol. The number of hydrogen-bond donors (Lipinski definition) is 0. The van der Waals surface area contributed by atoms with Gasteiger partial charge in [0, 0.05) is 24.3 Å². The molecule has 4 aromatic carbocycles. The van der Waals surface area contributed by atoms with E-state index in [9.17, 15) is 19.7 Å². The summed E-state index contributed by atoms with van der Waals surface area (Å²) >= 11 is 0.